The second-order valence-corrected chi connectivity index (χ2v) is 3.17. The van der Waals surface area contributed by atoms with Gasteiger partial charge >= 0.3 is 5.97 Å². The lowest BCUT2D eigenvalue weighted by Crippen LogP contribution is -2.16. The highest BCUT2D eigenvalue weighted by Crippen LogP contribution is 2.09. The van der Waals surface area contributed by atoms with E-state index >= 15 is 0 Å². The SMILES string of the molecule is O=C(O)c1ccoc1CNCCCCO. The zero-order chi connectivity index (χ0) is 11.1. The predicted octanol–water partition coefficient (Wildman–Crippen LogP) is 0.840. The molecule has 0 aromatic carbocycles. The molecule has 0 atom stereocenters. The van der Waals surface area contributed by atoms with Gasteiger partial charge in [-0.1, -0.05) is 0 Å². The van der Waals surface area contributed by atoms with E-state index in [1.807, 2.05) is 0 Å². The van der Waals surface area contributed by atoms with Crippen LogP contribution in [0.5, 0.6) is 0 Å². The molecule has 1 rings (SSSR count). The largest absolute Gasteiger partial charge is 0.478 e. The van der Waals surface area contributed by atoms with E-state index in [0.717, 1.165) is 19.4 Å². The molecule has 0 bridgehead atoms. The molecule has 5 heteroatoms. The minimum atomic E-state index is -0.976. The summed E-state index contributed by atoms with van der Waals surface area (Å²) < 4.78 is 5.04. The van der Waals surface area contributed by atoms with Gasteiger partial charge in [-0.05, 0) is 25.5 Å². The maximum absolute atomic E-state index is 10.7. The van der Waals surface area contributed by atoms with Crippen molar-refractivity contribution in [3.8, 4) is 0 Å². The number of aliphatic hydroxyl groups excluding tert-OH is 1. The Bertz CT molecular complexity index is 308. The van der Waals surface area contributed by atoms with Gasteiger partial charge in [-0.2, -0.15) is 0 Å². The number of carboxylic acid groups (broad SMARTS) is 1. The molecular formula is C10H15NO4. The van der Waals surface area contributed by atoms with Crippen LogP contribution in [0.2, 0.25) is 0 Å². The first-order chi connectivity index (χ1) is 7.25. The molecule has 15 heavy (non-hydrogen) atoms. The molecule has 84 valence electrons. The van der Waals surface area contributed by atoms with Gasteiger partial charge < -0.3 is 19.9 Å². The zero-order valence-electron chi connectivity index (χ0n) is 8.40. The van der Waals surface area contributed by atoms with E-state index in [1.54, 1.807) is 0 Å². The van der Waals surface area contributed by atoms with Gasteiger partial charge in [-0.15, -0.1) is 0 Å². The van der Waals surface area contributed by atoms with Crippen molar-refractivity contribution in [3.63, 3.8) is 0 Å². The average molecular weight is 213 g/mol. The third-order valence-electron chi connectivity index (χ3n) is 2.02. The normalized spacial score (nSPS) is 10.5. The number of unbranched alkanes of at least 4 members (excludes halogenated alkanes) is 1. The van der Waals surface area contributed by atoms with Gasteiger partial charge in [0.05, 0.1) is 12.8 Å². The molecule has 0 aliphatic rings. The number of hydrogen-bond donors (Lipinski definition) is 3. The molecule has 0 amide bonds. The summed E-state index contributed by atoms with van der Waals surface area (Å²) in [6.07, 6.45) is 2.98. The summed E-state index contributed by atoms with van der Waals surface area (Å²) in [7, 11) is 0. The summed E-state index contributed by atoms with van der Waals surface area (Å²) in [6, 6.07) is 1.44. The van der Waals surface area contributed by atoms with Crippen LogP contribution >= 0.6 is 0 Å². The third-order valence-corrected chi connectivity index (χ3v) is 2.02. The van der Waals surface area contributed by atoms with E-state index in [0.29, 0.717) is 12.3 Å². The molecule has 0 radical (unpaired) electrons. The molecule has 0 saturated carbocycles. The van der Waals surface area contributed by atoms with Crippen LogP contribution in [0.4, 0.5) is 0 Å². The average Bonchev–Trinajstić information content (AvgIpc) is 2.66. The Kier molecular flexibility index (Phi) is 4.86. The fourth-order valence-corrected chi connectivity index (χ4v) is 1.23. The minimum Gasteiger partial charge on any atom is -0.478 e. The van der Waals surface area contributed by atoms with Gasteiger partial charge in [0.1, 0.15) is 11.3 Å². The molecule has 0 spiro atoms. The van der Waals surface area contributed by atoms with Crippen molar-refractivity contribution in [1.82, 2.24) is 5.32 Å². The Balaban J connectivity index is 2.31. The number of carboxylic acids is 1. The summed E-state index contributed by atoms with van der Waals surface area (Å²) in [6.45, 7) is 1.32. The molecule has 5 nitrogen and oxygen atoms in total. The smallest absolute Gasteiger partial charge is 0.339 e. The number of nitrogens with one attached hydrogen (secondary N) is 1. The molecule has 0 unspecified atom stereocenters. The lowest BCUT2D eigenvalue weighted by atomic mass is 10.2. The lowest BCUT2D eigenvalue weighted by Gasteiger charge is -2.02. The third kappa shape index (κ3) is 3.73. The Morgan fingerprint density at radius 1 is 1.47 bits per heavy atom. The number of furan rings is 1. The maximum atomic E-state index is 10.7. The molecule has 0 fully saturated rings. The molecule has 3 N–H and O–H groups in total. The van der Waals surface area contributed by atoms with Crippen molar-refractivity contribution >= 4 is 5.97 Å². The van der Waals surface area contributed by atoms with Crippen molar-refractivity contribution in [2.45, 2.75) is 19.4 Å². The molecule has 1 aromatic heterocycles. The summed E-state index contributed by atoms with van der Waals surface area (Å²) in [5.41, 5.74) is 0.199. The molecule has 1 aromatic rings. The number of hydrogen-bond acceptors (Lipinski definition) is 4. The van der Waals surface area contributed by atoms with Crippen LogP contribution < -0.4 is 5.32 Å². The topological polar surface area (TPSA) is 82.7 Å². The second-order valence-electron chi connectivity index (χ2n) is 3.17. The molecular weight excluding hydrogens is 198 g/mol. The summed E-state index contributed by atoms with van der Waals surface area (Å²) in [4.78, 5) is 10.7. The monoisotopic (exact) mass is 213 g/mol. The Hall–Kier alpha value is -1.33. The van der Waals surface area contributed by atoms with E-state index in [1.165, 1.54) is 12.3 Å². The van der Waals surface area contributed by atoms with Gasteiger partial charge in [-0.3, -0.25) is 0 Å². The summed E-state index contributed by atoms with van der Waals surface area (Å²) >= 11 is 0. The maximum Gasteiger partial charge on any atom is 0.339 e. The molecule has 0 saturated heterocycles. The van der Waals surface area contributed by atoms with E-state index in [9.17, 15) is 4.79 Å². The standard InChI is InChI=1S/C10H15NO4/c12-5-2-1-4-11-7-9-8(10(13)14)3-6-15-9/h3,6,11-12H,1-2,4-5,7H2,(H,13,14). The first-order valence-electron chi connectivity index (χ1n) is 4.87. The van der Waals surface area contributed by atoms with Crippen LogP contribution in [-0.4, -0.2) is 29.3 Å². The van der Waals surface area contributed by atoms with Crippen LogP contribution in [0.3, 0.4) is 0 Å². The van der Waals surface area contributed by atoms with Crippen LogP contribution in [0.1, 0.15) is 29.0 Å². The number of aliphatic hydroxyl groups is 1. The number of rotatable bonds is 7. The first-order valence-corrected chi connectivity index (χ1v) is 4.87. The van der Waals surface area contributed by atoms with E-state index < -0.39 is 5.97 Å². The van der Waals surface area contributed by atoms with Crippen molar-refractivity contribution in [3.05, 3.63) is 23.7 Å². The molecule has 1 heterocycles. The number of aromatic carboxylic acids is 1. The highest BCUT2D eigenvalue weighted by Gasteiger charge is 2.11. The quantitative estimate of drug-likeness (QED) is 0.584. The predicted molar refractivity (Wildman–Crippen MR) is 53.7 cm³/mol. The first kappa shape index (κ1) is 11.7. The van der Waals surface area contributed by atoms with Crippen molar-refractivity contribution < 1.29 is 19.4 Å². The van der Waals surface area contributed by atoms with Crippen LogP contribution in [-0.2, 0) is 6.54 Å². The number of carbonyl (C=O) groups is 1. The second kappa shape index (κ2) is 6.21. The Morgan fingerprint density at radius 2 is 2.27 bits per heavy atom. The highest BCUT2D eigenvalue weighted by atomic mass is 16.4. The van der Waals surface area contributed by atoms with Gasteiger partial charge in [0.15, 0.2) is 0 Å². The van der Waals surface area contributed by atoms with Gasteiger partial charge in [-0.25, -0.2) is 4.79 Å². The summed E-state index contributed by atoms with van der Waals surface area (Å²) in [5, 5.41) is 20.4. The van der Waals surface area contributed by atoms with Crippen LogP contribution in [0.15, 0.2) is 16.7 Å². The Labute approximate surface area is 87.7 Å². The van der Waals surface area contributed by atoms with E-state index in [4.69, 9.17) is 14.6 Å². The minimum absolute atomic E-state index is 0.183. The van der Waals surface area contributed by atoms with Crippen molar-refractivity contribution in [2.24, 2.45) is 0 Å². The zero-order valence-corrected chi connectivity index (χ0v) is 8.40. The van der Waals surface area contributed by atoms with Crippen molar-refractivity contribution in [2.75, 3.05) is 13.2 Å². The van der Waals surface area contributed by atoms with Crippen molar-refractivity contribution in [1.29, 1.82) is 0 Å². The Morgan fingerprint density at radius 3 is 2.93 bits per heavy atom. The fraction of sp³-hybridized carbons (Fsp3) is 0.500. The van der Waals surface area contributed by atoms with Crippen LogP contribution in [0.25, 0.3) is 0 Å². The summed E-state index contributed by atoms with van der Waals surface area (Å²) in [5.74, 6) is -0.539. The lowest BCUT2D eigenvalue weighted by molar-refractivity contribution is 0.0694. The van der Waals surface area contributed by atoms with Gasteiger partial charge in [0.2, 0.25) is 0 Å². The fourth-order valence-electron chi connectivity index (χ4n) is 1.23. The highest BCUT2D eigenvalue weighted by molar-refractivity contribution is 5.88. The molecule has 0 aliphatic heterocycles. The van der Waals surface area contributed by atoms with E-state index in [-0.39, 0.29) is 12.2 Å². The van der Waals surface area contributed by atoms with Gasteiger partial charge in [0, 0.05) is 6.61 Å². The molecule has 0 aliphatic carbocycles. The van der Waals surface area contributed by atoms with E-state index in [2.05, 4.69) is 5.32 Å². The van der Waals surface area contributed by atoms with Gasteiger partial charge in [0.25, 0.3) is 0 Å². The van der Waals surface area contributed by atoms with Crippen LogP contribution in [0, 0.1) is 0 Å².